The number of likely N-dealkylation sites (tertiary alicyclic amines) is 1. The lowest BCUT2D eigenvalue weighted by Gasteiger charge is -2.30. The Morgan fingerprint density at radius 2 is 2.24 bits per heavy atom. The van der Waals surface area contributed by atoms with Crippen molar-refractivity contribution < 1.29 is 9.52 Å². The summed E-state index contributed by atoms with van der Waals surface area (Å²) >= 11 is 0. The average Bonchev–Trinajstić information content (AvgIpc) is 3.25. The van der Waals surface area contributed by atoms with Crippen LogP contribution in [0, 0.1) is 0 Å². The van der Waals surface area contributed by atoms with E-state index in [4.69, 9.17) is 4.42 Å². The number of aliphatic hydroxyl groups excluding tert-OH is 1. The van der Waals surface area contributed by atoms with E-state index in [-0.39, 0.29) is 0 Å². The summed E-state index contributed by atoms with van der Waals surface area (Å²) in [6.45, 7) is 1.88. The number of hydrogen-bond acceptors (Lipinski definition) is 5. The van der Waals surface area contributed by atoms with Crippen molar-refractivity contribution in [3.63, 3.8) is 0 Å². The van der Waals surface area contributed by atoms with Crippen LogP contribution in [0.1, 0.15) is 49.7 Å². The normalized spacial score (nSPS) is 20.6. The van der Waals surface area contributed by atoms with E-state index in [0.29, 0.717) is 18.2 Å². The first kappa shape index (κ1) is 16.3. The number of hydrogen-bond donors (Lipinski definition) is 1. The highest BCUT2D eigenvalue weighted by Crippen LogP contribution is 2.27. The summed E-state index contributed by atoms with van der Waals surface area (Å²) in [5.74, 6) is 0.657. The average molecular weight is 340 g/mol. The van der Waals surface area contributed by atoms with E-state index in [1.807, 2.05) is 24.5 Å². The van der Waals surface area contributed by atoms with Crippen molar-refractivity contribution in [1.29, 1.82) is 0 Å². The maximum absolute atomic E-state index is 10.5. The second-order valence-corrected chi connectivity index (χ2v) is 6.79. The molecule has 4 heterocycles. The molecule has 1 aliphatic rings. The molecule has 132 valence electrons. The Bertz CT molecular complexity index is 799. The van der Waals surface area contributed by atoms with Gasteiger partial charge in [0.2, 0.25) is 0 Å². The van der Waals surface area contributed by atoms with Gasteiger partial charge < -0.3 is 9.52 Å². The summed E-state index contributed by atoms with van der Waals surface area (Å²) in [4.78, 5) is 11.1. The SMILES string of the molecule is OC(CC1CCCCCN1Cc1cnc2cnccn12)c1ccco1. The minimum atomic E-state index is -0.549. The molecule has 6 heteroatoms. The number of nitrogens with zero attached hydrogens (tertiary/aromatic N) is 4. The van der Waals surface area contributed by atoms with Gasteiger partial charge in [-0.05, 0) is 37.9 Å². The van der Waals surface area contributed by atoms with Crippen molar-refractivity contribution in [3.8, 4) is 0 Å². The Morgan fingerprint density at radius 3 is 3.12 bits per heavy atom. The molecule has 25 heavy (non-hydrogen) atoms. The smallest absolute Gasteiger partial charge is 0.155 e. The molecule has 1 fully saturated rings. The highest BCUT2D eigenvalue weighted by molar-refractivity contribution is 5.36. The lowest BCUT2D eigenvalue weighted by atomic mass is 10.0. The molecule has 3 aromatic rings. The van der Waals surface area contributed by atoms with E-state index < -0.39 is 6.10 Å². The van der Waals surface area contributed by atoms with Crippen LogP contribution in [0.3, 0.4) is 0 Å². The number of aliphatic hydroxyl groups is 1. The third-order valence-corrected chi connectivity index (χ3v) is 5.13. The fraction of sp³-hybridized carbons (Fsp3) is 0.474. The van der Waals surface area contributed by atoms with Crippen LogP contribution in [-0.2, 0) is 6.54 Å². The predicted molar refractivity (Wildman–Crippen MR) is 93.9 cm³/mol. The van der Waals surface area contributed by atoms with Crippen molar-refractivity contribution in [3.05, 3.63) is 54.6 Å². The van der Waals surface area contributed by atoms with E-state index in [1.165, 1.54) is 19.3 Å². The van der Waals surface area contributed by atoms with Crippen molar-refractivity contribution >= 4 is 5.65 Å². The minimum absolute atomic E-state index is 0.343. The Labute approximate surface area is 147 Å². The molecule has 4 rings (SSSR count). The third kappa shape index (κ3) is 3.60. The fourth-order valence-electron chi connectivity index (χ4n) is 3.79. The molecule has 0 bridgehead atoms. The molecule has 0 aliphatic carbocycles. The van der Waals surface area contributed by atoms with Crippen molar-refractivity contribution in [2.45, 2.75) is 50.8 Å². The van der Waals surface area contributed by atoms with Crippen LogP contribution in [0.5, 0.6) is 0 Å². The van der Waals surface area contributed by atoms with Gasteiger partial charge in [-0.15, -0.1) is 0 Å². The van der Waals surface area contributed by atoms with Crippen molar-refractivity contribution in [1.82, 2.24) is 19.3 Å². The number of rotatable bonds is 5. The number of furan rings is 1. The van der Waals surface area contributed by atoms with Crippen LogP contribution < -0.4 is 0 Å². The zero-order chi connectivity index (χ0) is 17.1. The zero-order valence-corrected chi connectivity index (χ0v) is 14.3. The Hall–Kier alpha value is -2.18. The Kier molecular flexibility index (Phi) is 4.81. The van der Waals surface area contributed by atoms with Gasteiger partial charge in [0.15, 0.2) is 5.65 Å². The predicted octanol–water partition coefficient (Wildman–Crippen LogP) is 3.19. The molecule has 1 saturated heterocycles. The molecule has 6 nitrogen and oxygen atoms in total. The molecule has 2 unspecified atom stereocenters. The quantitative estimate of drug-likeness (QED) is 0.772. The van der Waals surface area contributed by atoms with Crippen LogP contribution in [-0.4, -0.2) is 37.0 Å². The van der Waals surface area contributed by atoms with E-state index >= 15 is 0 Å². The van der Waals surface area contributed by atoms with Gasteiger partial charge in [0.05, 0.1) is 24.4 Å². The summed E-state index contributed by atoms with van der Waals surface area (Å²) in [5, 5.41) is 10.5. The van der Waals surface area contributed by atoms with E-state index in [2.05, 4.69) is 19.3 Å². The van der Waals surface area contributed by atoms with E-state index in [9.17, 15) is 5.11 Å². The summed E-state index contributed by atoms with van der Waals surface area (Å²) in [7, 11) is 0. The Balaban J connectivity index is 1.52. The van der Waals surface area contributed by atoms with Gasteiger partial charge in [-0.3, -0.25) is 14.3 Å². The van der Waals surface area contributed by atoms with Crippen LogP contribution in [0.2, 0.25) is 0 Å². The summed E-state index contributed by atoms with van der Waals surface area (Å²) in [6, 6.07) is 4.02. The molecule has 3 aromatic heterocycles. The molecule has 1 N–H and O–H groups in total. The van der Waals surface area contributed by atoms with E-state index in [0.717, 1.165) is 30.9 Å². The topological polar surface area (TPSA) is 66.8 Å². The van der Waals surface area contributed by atoms with Gasteiger partial charge in [-0.25, -0.2) is 4.98 Å². The number of imidazole rings is 1. The molecule has 0 aromatic carbocycles. The molecule has 0 radical (unpaired) electrons. The first-order valence-corrected chi connectivity index (χ1v) is 9.03. The lowest BCUT2D eigenvalue weighted by Crippen LogP contribution is -2.36. The van der Waals surface area contributed by atoms with Crippen LogP contribution >= 0.6 is 0 Å². The fourth-order valence-corrected chi connectivity index (χ4v) is 3.79. The van der Waals surface area contributed by atoms with Gasteiger partial charge in [0.25, 0.3) is 0 Å². The maximum atomic E-state index is 10.5. The first-order chi connectivity index (χ1) is 12.3. The van der Waals surface area contributed by atoms with Gasteiger partial charge in [-0.2, -0.15) is 0 Å². The largest absolute Gasteiger partial charge is 0.467 e. The van der Waals surface area contributed by atoms with Gasteiger partial charge >= 0.3 is 0 Å². The van der Waals surface area contributed by atoms with Crippen molar-refractivity contribution in [2.24, 2.45) is 0 Å². The number of fused-ring (bicyclic) bond motifs is 1. The van der Waals surface area contributed by atoms with Gasteiger partial charge in [-0.1, -0.05) is 12.8 Å². The molecule has 0 spiro atoms. The number of aromatic nitrogens is 3. The standard InChI is InChI=1S/C19H24N4O2/c24-17(18-6-4-10-25-18)11-15-5-2-1-3-8-22(15)14-16-12-21-19-13-20-7-9-23(16)19/h4,6-7,9-10,12-13,15,17,24H,1-3,5,8,11,14H2. The zero-order valence-electron chi connectivity index (χ0n) is 14.3. The van der Waals surface area contributed by atoms with Crippen LogP contribution in [0.15, 0.2) is 47.6 Å². The highest BCUT2D eigenvalue weighted by atomic mass is 16.4. The van der Waals surface area contributed by atoms with Gasteiger partial charge in [0, 0.05) is 25.0 Å². The van der Waals surface area contributed by atoms with Crippen LogP contribution in [0.4, 0.5) is 0 Å². The highest BCUT2D eigenvalue weighted by Gasteiger charge is 2.26. The Morgan fingerprint density at radius 1 is 1.28 bits per heavy atom. The summed E-state index contributed by atoms with van der Waals surface area (Å²) in [5.41, 5.74) is 2.04. The summed E-state index contributed by atoms with van der Waals surface area (Å²) < 4.78 is 7.47. The van der Waals surface area contributed by atoms with Crippen molar-refractivity contribution in [2.75, 3.05) is 6.54 Å². The molecular weight excluding hydrogens is 316 g/mol. The molecular formula is C19H24N4O2. The summed E-state index contributed by atoms with van der Waals surface area (Å²) in [6.07, 6.45) is 14.0. The lowest BCUT2D eigenvalue weighted by molar-refractivity contribution is 0.0824. The molecule has 2 atom stereocenters. The van der Waals surface area contributed by atoms with Crippen LogP contribution in [0.25, 0.3) is 5.65 Å². The molecule has 0 amide bonds. The second kappa shape index (κ2) is 7.37. The minimum Gasteiger partial charge on any atom is -0.467 e. The van der Waals surface area contributed by atoms with Gasteiger partial charge in [0.1, 0.15) is 11.9 Å². The second-order valence-electron chi connectivity index (χ2n) is 6.79. The third-order valence-electron chi connectivity index (χ3n) is 5.13. The first-order valence-electron chi connectivity index (χ1n) is 9.03. The maximum Gasteiger partial charge on any atom is 0.155 e. The molecule has 1 aliphatic heterocycles. The van der Waals surface area contributed by atoms with E-state index in [1.54, 1.807) is 18.7 Å². The monoisotopic (exact) mass is 340 g/mol. The molecule has 0 saturated carbocycles.